The maximum absolute atomic E-state index is 10.2. The summed E-state index contributed by atoms with van der Waals surface area (Å²) in [6, 6.07) is 18.5. The first-order valence-electron chi connectivity index (χ1n) is 12.9. The molecule has 1 saturated heterocycles. The second-order valence-corrected chi connectivity index (χ2v) is 10.2. The van der Waals surface area contributed by atoms with Gasteiger partial charge in [0.1, 0.15) is 35.4 Å². The van der Waals surface area contributed by atoms with Crippen molar-refractivity contribution in [1.82, 2.24) is 4.90 Å². The molecule has 2 aliphatic rings. The van der Waals surface area contributed by atoms with Crippen LogP contribution in [0.3, 0.4) is 0 Å². The van der Waals surface area contributed by atoms with Crippen molar-refractivity contribution in [2.45, 2.75) is 39.3 Å². The van der Waals surface area contributed by atoms with Crippen LogP contribution in [0.5, 0.6) is 28.7 Å². The Morgan fingerprint density at radius 2 is 1.86 bits per heavy atom. The molecule has 0 amide bonds. The Hall–Kier alpha value is -3.64. The Balaban J connectivity index is 1.48. The van der Waals surface area contributed by atoms with Crippen molar-refractivity contribution in [2.75, 3.05) is 26.8 Å². The monoisotopic (exact) mass is 501 g/mol. The Kier molecular flexibility index (Phi) is 7.02. The molecule has 3 unspecified atom stereocenters. The summed E-state index contributed by atoms with van der Waals surface area (Å²) in [6.07, 6.45) is 0.763. The first kappa shape index (κ1) is 25.0. The molecule has 3 aromatic carbocycles. The summed E-state index contributed by atoms with van der Waals surface area (Å²) in [7, 11) is 1.65. The number of phenolic OH excluding ortho intramolecular Hbond substituents is 2. The van der Waals surface area contributed by atoms with Crippen LogP contribution < -0.4 is 14.2 Å². The Bertz CT molecular complexity index is 1320. The smallest absolute Gasteiger partial charge is 0.153 e. The van der Waals surface area contributed by atoms with Gasteiger partial charge in [-0.1, -0.05) is 19.1 Å². The van der Waals surface area contributed by atoms with Crippen LogP contribution in [0.1, 0.15) is 50.0 Å². The highest BCUT2D eigenvalue weighted by atomic mass is 16.5. The first-order valence-corrected chi connectivity index (χ1v) is 12.9. The zero-order valence-electron chi connectivity index (χ0n) is 21.9. The number of hydrogen-bond donors (Lipinski definition) is 2. The number of ether oxygens (including phenoxy) is 3. The average molecular weight is 502 g/mol. The molecule has 5 rings (SSSR count). The molecule has 3 atom stereocenters. The number of likely N-dealkylation sites (tertiary alicyclic amines) is 1. The fraction of sp³-hybridized carbons (Fsp3) is 0.355. The number of phenols is 2. The number of rotatable bonds is 7. The summed E-state index contributed by atoms with van der Waals surface area (Å²) in [4.78, 5) is 2.48. The summed E-state index contributed by atoms with van der Waals surface area (Å²) in [5.41, 5.74) is 4.38. The Labute approximate surface area is 218 Å². The third kappa shape index (κ3) is 5.12. The SMILES string of the molecule is COc1cc(OCC(C)N2CCC(C)C2)ccc1C1Oc2ccc(O)cc2C(C)=C1c1cccc(O)c1. The summed E-state index contributed by atoms with van der Waals surface area (Å²) in [5.74, 6) is 3.18. The van der Waals surface area contributed by atoms with E-state index in [0.717, 1.165) is 52.6 Å². The van der Waals surface area contributed by atoms with Gasteiger partial charge in [0.2, 0.25) is 0 Å². The topological polar surface area (TPSA) is 71.4 Å². The standard InChI is InChI=1S/C31H35NO5/c1-19-12-13-32(17-19)20(2)18-36-25-9-10-26(29(16-25)35-4)31-30(22-6-5-7-23(33)14-22)21(3)27-15-24(34)8-11-28(27)37-31/h5-11,14-16,19-20,31,33-34H,12-13,17-18H2,1-4H3. The number of aromatic hydroxyl groups is 2. The highest BCUT2D eigenvalue weighted by Crippen LogP contribution is 2.49. The van der Waals surface area contributed by atoms with E-state index in [2.05, 4.69) is 18.7 Å². The minimum absolute atomic E-state index is 0.173. The molecule has 194 valence electrons. The van der Waals surface area contributed by atoms with Gasteiger partial charge < -0.3 is 24.4 Å². The predicted octanol–water partition coefficient (Wildman–Crippen LogP) is 6.28. The average Bonchev–Trinajstić information content (AvgIpc) is 3.33. The van der Waals surface area contributed by atoms with E-state index in [1.807, 2.05) is 37.3 Å². The lowest BCUT2D eigenvalue weighted by atomic mass is 9.85. The van der Waals surface area contributed by atoms with Crippen LogP contribution in [0.15, 0.2) is 60.7 Å². The fourth-order valence-electron chi connectivity index (χ4n) is 5.39. The molecule has 2 aliphatic heterocycles. The largest absolute Gasteiger partial charge is 0.508 e. The summed E-state index contributed by atoms with van der Waals surface area (Å²) in [6.45, 7) is 9.37. The number of allylic oxidation sites excluding steroid dienone is 1. The van der Waals surface area contributed by atoms with Crippen molar-refractivity contribution in [2.24, 2.45) is 5.92 Å². The molecule has 1 fully saturated rings. The van der Waals surface area contributed by atoms with Crippen LogP contribution in [0.2, 0.25) is 0 Å². The molecule has 0 radical (unpaired) electrons. The van der Waals surface area contributed by atoms with Crippen LogP contribution in [-0.2, 0) is 0 Å². The van der Waals surface area contributed by atoms with E-state index in [-0.39, 0.29) is 11.5 Å². The lowest BCUT2D eigenvalue weighted by Gasteiger charge is -2.32. The molecular weight excluding hydrogens is 466 g/mol. The third-order valence-electron chi connectivity index (χ3n) is 7.49. The van der Waals surface area contributed by atoms with Crippen molar-refractivity contribution in [3.05, 3.63) is 77.4 Å². The highest BCUT2D eigenvalue weighted by molar-refractivity contribution is 5.96. The van der Waals surface area contributed by atoms with Crippen LogP contribution in [-0.4, -0.2) is 48.0 Å². The molecular formula is C31H35NO5. The van der Waals surface area contributed by atoms with E-state index >= 15 is 0 Å². The minimum atomic E-state index is -0.479. The van der Waals surface area contributed by atoms with Gasteiger partial charge in [0.05, 0.1) is 7.11 Å². The Morgan fingerprint density at radius 1 is 1.05 bits per heavy atom. The molecule has 2 N–H and O–H groups in total. The molecule has 0 bridgehead atoms. The number of nitrogens with zero attached hydrogens (tertiary/aromatic N) is 1. The molecule has 6 heteroatoms. The maximum Gasteiger partial charge on any atom is 0.153 e. The van der Waals surface area contributed by atoms with E-state index in [9.17, 15) is 10.2 Å². The third-order valence-corrected chi connectivity index (χ3v) is 7.49. The van der Waals surface area contributed by atoms with Gasteiger partial charge in [-0.05, 0) is 86.3 Å². The second-order valence-electron chi connectivity index (χ2n) is 10.2. The van der Waals surface area contributed by atoms with Crippen LogP contribution in [0.25, 0.3) is 11.1 Å². The Morgan fingerprint density at radius 3 is 2.59 bits per heavy atom. The zero-order valence-corrected chi connectivity index (χ0v) is 21.9. The summed E-state index contributed by atoms with van der Waals surface area (Å²) < 4.78 is 18.5. The van der Waals surface area contributed by atoms with Gasteiger partial charge in [-0.15, -0.1) is 0 Å². The quantitative estimate of drug-likeness (QED) is 0.397. The van der Waals surface area contributed by atoms with E-state index in [1.54, 1.807) is 37.4 Å². The molecule has 3 aromatic rings. The lowest BCUT2D eigenvalue weighted by Crippen LogP contribution is -2.35. The minimum Gasteiger partial charge on any atom is -0.508 e. The summed E-state index contributed by atoms with van der Waals surface area (Å²) >= 11 is 0. The van der Waals surface area contributed by atoms with Gasteiger partial charge in [0, 0.05) is 35.4 Å². The van der Waals surface area contributed by atoms with Crippen molar-refractivity contribution < 1.29 is 24.4 Å². The fourth-order valence-corrected chi connectivity index (χ4v) is 5.39. The van der Waals surface area contributed by atoms with E-state index < -0.39 is 6.10 Å². The van der Waals surface area contributed by atoms with Gasteiger partial charge in [-0.3, -0.25) is 4.90 Å². The maximum atomic E-state index is 10.2. The van der Waals surface area contributed by atoms with E-state index in [1.165, 1.54) is 6.42 Å². The van der Waals surface area contributed by atoms with Crippen molar-refractivity contribution >= 4 is 11.1 Å². The number of benzene rings is 3. The van der Waals surface area contributed by atoms with Crippen LogP contribution in [0, 0.1) is 5.92 Å². The second kappa shape index (κ2) is 10.4. The lowest BCUT2D eigenvalue weighted by molar-refractivity contribution is 0.168. The molecule has 0 aromatic heterocycles. The van der Waals surface area contributed by atoms with Crippen molar-refractivity contribution in [1.29, 1.82) is 0 Å². The number of methoxy groups -OCH3 is 1. The van der Waals surface area contributed by atoms with Gasteiger partial charge in [-0.25, -0.2) is 0 Å². The van der Waals surface area contributed by atoms with Gasteiger partial charge >= 0.3 is 0 Å². The molecule has 0 spiro atoms. The van der Waals surface area contributed by atoms with Crippen LogP contribution >= 0.6 is 0 Å². The molecule has 37 heavy (non-hydrogen) atoms. The highest BCUT2D eigenvalue weighted by Gasteiger charge is 2.32. The number of hydrogen-bond acceptors (Lipinski definition) is 6. The molecule has 2 heterocycles. The molecule has 0 aliphatic carbocycles. The predicted molar refractivity (Wildman–Crippen MR) is 145 cm³/mol. The van der Waals surface area contributed by atoms with Gasteiger partial charge in [-0.2, -0.15) is 0 Å². The number of fused-ring (bicyclic) bond motifs is 1. The van der Waals surface area contributed by atoms with E-state index in [0.29, 0.717) is 24.1 Å². The van der Waals surface area contributed by atoms with Crippen molar-refractivity contribution in [3.8, 4) is 28.7 Å². The van der Waals surface area contributed by atoms with Crippen LogP contribution in [0.4, 0.5) is 0 Å². The molecule has 0 saturated carbocycles. The van der Waals surface area contributed by atoms with Crippen molar-refractivity contribution in [3.63, 3.8) is 0 Å². The summed E-state index contributed by atoms with van der Waals surface area (Å²) in [5, 5.41) is 20.3. The zero-order chi connectivity index (χ0) is 26.1. The normalized spacial score (nSPS) is 20.3. The van der Waals surface area contributed by atoms with Gasteiger partial charge in [0.25, 0.3) is 0 Å². The first-order chi connectivity index (χ1) is 17.8. The molecule has 6 nitrogen and oxygen atoms in total. The van der Waals surface area contributed by atoms with E-state index in [4.69, 9.17) is 14.2 Å². The van der Waals surface area contributed by atoms with Gasteiger partial charge in [0.15, 0.2) is 6.10 Å².